The summed E-state index contributed by atoms with van der Waals surface area (Å²) in [5.74, 6) is -1.06. The maximum atomic E-state index is 12.6. The number of aliphatic hydroxyl groups is 1. The first-order valence-corrected chi connectivity index (χ1v) is 7.52. The lowest BCUT2D eigenvalue weighted by Gasteiger charge is -2.38. The number of rotatable bonds is 3. The Morgan fingerprint density at radius 1 is 1.33 bits per heavy atom. The maximum Gasteiger partial charge on any atom is 0.232 e. The molecule has 1 aliphatic carbocycles. The van der Waals surface area contributed by atoms with Crippen molar-refractivity contribution in [3.05, 3.63) is 29.8 Å². The third kappa shape index (κ3) is 2.95. The van der Waals surface area contributed by atoms with Crippen molar-refractivity contribution in [2.75, 3.05) is 18.5 Å². The number of ether oxygens (including phenoxy) is 2. The summed E-state index contributed by atoms with van der Waals surface area (Å²) in [7, 11) is 0. The fourth-order valence-electron chi connectivity index (χ4n) is 3.24. The first-order valence-electron chi connectivity index (χ1n) is 7.52. The zero-order valence-corrected chi connectivity index (χ0v) is 12.0. The minimum absolute atomic E-state index is 0.0384. The minimum atomic E-state index is -0.725. The molecule has 5 heteroatoms. The fraction of sp³-hybridized carbons (Fsp3) is 0.562. The van der Waals surface area contributed by atoms with E-state index in [1.807, 2.05) is 18.2 Å². The van der Waals surface area contributed by atoms with E-state index in [9.17, 15) is 4.79 Å². The molecular formula is C16H21NO4. The van der Waals surface area contributed by atoms with E-state index in [-0.39, 0.29) is 18.4 Å². The van der Waals surface area contributed by atoms with Crippen molar-refractivity contribution in [1.29, 1.82) is 0 Å². The minimum Gasteiger partial charge on any atom is -0.392 e. The number of nitrogens with one attached hydrogen (secondary N) is 1. The molecule has 2 N–H and O–H groups in total. The third-order valence-electron chi connectivity index (χ3n) is 4.27. The molecule has 0 bridgehead atoms. The molecular weight excluding hydrogens is 270 g/mol. The lowest BCUT2D eigenvalue weighted by molar-refractivity contribution is -0.210. The van der Waals surface area contributed by atoms with Gasteiger partial charge in [0.1, 0.15) is 0 Å². The zero-order valence-electron chi connectivity index (χ0n) is 12.0. The van der Waals surface area contributed by atoms with Crippen molar-refractivity contribution in [2.24, 2.45) is 5.92 Å². The Morgan fingerprint density at radius 3 is 2.90 bits per heavy atom. The number of benzene rings is 1. The molecule has 1 spiro atoms. The van der Waals surface area contributed by atoms with Gasteiger partial charge < -0.3 is 19.9 Å². The monoisotopic (exact) mass is 291 g/mol. The average Bonchev–Trinajstić information content (AvgIpc) is 2.96. The summed E-state index contributed by atoms with van der Waals surface area (Å²) >= 11 is 0. The van der Waals surface area contributed by atoms with Crippen LogP contribution in [0.5, 0.6) is 0 Å². The SMILES string of the molecule is O=C(Nc1cccc(CO)c1)C1CCCCC12OCCO2. The van der Waals surface area contributed by atoms with E-state index < -0.39 is 5.79 Å². The molecule has 1 heterocycles. The van der Waals surface area contributed by atoms with Crippen LogP contribution in [0.3, 0.4) is 0 Å². The number of carbonyl (C=O) groups is 1. The Morgan fingerprint density at radius 2 is 2.14 bits per heavy atom. The molecule has 21 heavy (non-hydrogen) atoms. The quantitative estimate of drug-likeness (QED) is 0.894. The molecule has 3 rings (SSSR count). The lowest BCUT2D eigenvalue weighted by atomic mass is 9.82. The summed E-state index contributed by atoms with van der Waals surface area (Å²) in [6.45, 7) is 1.08. The molecule has 1 amide bonds. The largest absolute Gasteiger partial charge is 0.392 e. The Hall–Kier alpha value is -1.43. The molecule has 0 radical (unpaired) electrons. The van der Waals surface area contributed by atoms with Crippen LogP contribution in [0.1, 0.15) is 31.2 Å². The number of carbonyl (C=O) groups excluding carboxylic acids is 1. The predicted molar refractivity (Wildman–Crippen MR) is 77.6 cm³/mol. The van der Waals surface area contributed by atoms with Crippen molar-refractivity contribution in [3.63, 3.8) is 0 Å². The molecule has 1 aromatic carbocycles. The topological polar surface area (TPSA) is 67.8 Å². The van der Waals surface area contributed by atoms with Gasteiger partial charge in [0.15, 0.2) is 5.79 Å². The van der Waals surface area contributed by atoms with E-state index >= 15 is 0 Å². The normalized spacial score (nSPS) is 24.1. The van der Waals surface area contributed by atoms with Gasteiger partial charge in [-0.1, -0.05) is 18.6 Å². The summed E-state index contributed by atoms with van der Waals surface area (Å²) < 4.78 is 11.5. The molecule has 2 fully saturated rings. The second-order valence-corrected chi connectivity index (χ2v) is 5.65. The van der Waals surface area contributed by atoms with Crippen LogP contribution in [0.4, 0.5) is 5.69 Å². The molecule has 5 nitrogen and oxygen atoms in total. The molecule has 114 valence electrons. The van der Waals surface area contributed by atoms with Crippen molar-refractivity contribution < 1.29 is 19.4 Å². The summed E-state index contributed by atoms with van der Waals surface area (Å²) in [6, 6.07) is 7.24. The van der Waals surface area contributed by atoms with Crippen LogP contribution in [-0.4, -0.2) is 30.0 Å². The van der Waals surface area contributed by atoms with Crippen molar-refractivity contribution in [1.82, 2.24) is 0 Å². The van der Waals surface area contributed by atoms with Gasteiger partial charge in [-0.3, -0.25) is 4.79 Å². The number of aliphatic hydroxyl groups excluding tert-OH is 1. The van der Waals surface area contributed by atoms with E-state index in [1.54, 1.807) is 6.07 Å². The summed E-state index contributed by atoms with van der Waals surface area (Å²) in [6.07, 6.45) is 3.61. The van der Waals surface area contributed by atoms with E-state index in [2.05, 4.69) is 5.32 Å². The number of amides is 1. The number of hydrogen-bond donors (Lipinski definition) is 2. The van der Waals surface area contributed by atoms with Gasteiger partial charge in [-0.05, 0) is 30.5 Å². The standard InChI is InChI=1S/C16H21NO4/c18-11-12-4-3-5-13(10-12)17-15(19)14-6-1-2-7-16(14)20-8-9-21-16/h3-5,10,14,18H,1-2,6-9,11H2,(H,17,19). The number of hydrogen-bond acceptors (Lipinski definition) is 4. The van der Waals surface area contributed by atoms with Gasteiger partial charge >= 0.3 is 0 Å². The third-order valence-corrected chi connectivity index (χ3v) is 4.27. The van der Waals surface area contributed by atoms with Crippen molar-refractivity contribution in [3.8, 4) is 0 Å². The summed E-state index contributed by atoms with van der Waals surface area (Å²) in [5, 5.41) is 12.1. The van der Waals surface area contributed by atoms with Crippen LogP contribution in [-0.2, 0) is 20.9 Å². The van der Waals surface area contributed by atoms with Gasteiger partial charge in [-0.15, -0.1) is 0 Å². The number of anilines is 1. The summed E-state index contributed by atoms with van der Waals surface area (Å²) in [5.41, 5.74) is 1.48. The lowest BCUT2D eigenvalue weighted by Crippen LogP contribution is -2.47. The smallest absolute Gasteiger partial charge is 0.232 e. The van der Waals surface area contributed by atoms with Gasteiger partial charge in [0.2, 0.25) is 5.91 Å². The molecule has 1 aliphatic heterocycles. The van der Waals surface area contributed by atoms with Gasteiger partial charge in [-0.25, -0.2) is 0 Å². The molecule has 2 aliphatic rings. The highest BCUT2D eigenvalue weighted by Gasteiger charge is 2.49. The first-order chi connectivity index (χ1) is 10.2. The van der Waals surface area contributed by atoms with E-state index in [0.29, 0.717) is 18.9 Å². The average molecular weight is 291 g/mol. The van der Waals surface area contributed by atoms with Crippen LogP contribution in [0.15, 0.2) is 24.3 Å². The molecule has 0 aromatic heterocycles. The second kappa shape index (κ2) is 6.13. The van der Waals surface area contributed by atoms with E-state index in [4.69, 9.17) is 14.6 Å². The predicted octanol–water partition coefficient (Wildman–Crippen LogP) is 2.05. The van der Waals surface area contributed by atoms with Crippen molar-refractivity contribution in [2.45, 2.75) is 38.1 Å². The maximum absolute atomic E-state index is 12.6. The first kappa shape index (κ1) is 14.5. The highest BCUT2D eigenvalue weighted by atomic mass is 16.7. The van der Waals surface area contributed by atoms with Gasteiger partial charge in [-0.2, -0.15) is 0 Å². The van der Waals surface area contributed by atoms with Crippen LogP contribution >= 0.6 is 0 Å². The molecule has 1 aromatic rings. The zero-order chi connectivity index (χ0) is 14.7. The van der Waals surface area contributed by atoms with Gasteiger partial charge in [0, 0.05) is 12.1 Å². The molecule has 1 saturated heterocycles. The Balaban J connectivity index is 1.74. The fourth-order valence-corrected chi connectivity index (χ4v) is 3.24. The molecule has 1 unspecified atom stereocenters. The Kier molecular flexibility index (Phi) is 4.24. The van der Waals surface area contributed by atoms with E-state index in [0.717, 1.165) is 31.2 Å². The van der Waals surface area contributed by atoms with E-state index in [1.165, 1.54) is 0 Å². The highest BCUT2D eigenvalue weighted by Crippen LogP contribution is 2.41. The Labute approximate surface area is 124 Å². The van der Waals surface area contributed by atoms with Crippen LogP contribution in [0.25, 0.3) is 0 Å². The van der Waals surface area contributed by atoms with Crippen LogP contribution < -0.4 is 5.32 Å². The van der Waals surface area contributed by atoms with Crippen molar-refractivity contribution >= 4 is 11.6 Å². The molecule has 1 saturated carbocycles. The summed E-state index contributed by atoms with van der Waals surface area (Å²) in [4.78, 5) is 12.6. The van der Waals surface area contributed by atoms with Gasteiger partial charge in [0.25, 0.3) is 0 Å². The van der Waals surface area contributed by atoms with Crippen LogP contribution in [0.2, 0.25) is 0 Å². The Bertz CT molecular complexity index is 511. The van der Waals surface area contributed by atoms with Gasteiger partial charge in [0.05, 0.1) is 25.7 Å². The highest BCUT2D eigenvalue weighted by molar-refractivity contribution is 5.93. The second-order valence-electron chi connectivity index (χ2n) is 5.65. The van der Waals surface area contributed by atoms with Crippen LogP contribution in [0, 0.1) is 5.92 Å². The molecule has 1 atom stereocenters.